The molecule has 4 N–H and O–H groups in total. The number of amidine groups is 1. The van der Waals surface area contributed by atoms with Gasteiger partial charge in [-0.2, -0.15) is 5.06 Å². The summed E-state index contributed by atoms with van der Waals surface area (Å²) < 4.78 is 0. The van der Waals surface area contributed by atoms with Crippen LogP contribution in [0, 0.1) is 0 Å². The van der Waals surface area contributed by atoms with Crippen molar-refractivity contribution in [3.63, 3.8) is 0 Å². The van der Waals surface area contributed by atoms with Crippen LogP contribution in [0.1, 0.15) is 11.8 Å². The number of fused-ring (bicyclic) bond motifs is 1. The largest absolute Gasteiger partial charge is 0.367 e. The molecule has 1 aliphatic rings. The Hall–Kier alpha value is -1.92. The molecule has 1 aromatic carbocycles. The second-order valence-electron chi connectivity index (χ2n) is 3.08. The second kappa shape index (κ2) is 3.34. The van der Waals surface area contributed by atoms with E-state index in [2.05, 4.69) is 4.99 Å². The summed E-state index contributed by atoms with van der Waals surface area (Å²) in [6.45, 7) is 0. The summed E-state index contributed by atoms with van der Waals surface area (Å²) in [4.78, 5) is 14.7. The highest BCUT2D eigenvalue weighted by atomic mass is 16.5. The standard InChI is InChI=1S/C9H9N3O3/c10-7(13)8-11-6-4-2-1-3-5(6)9(14)12(8)15/h1-4,9,14-15H,(H2,10,13). The Morgan fingerprint density at radius 2 is 2.13 bits per heavy atom. The van der Waals surface area contributed by atoms with Gasteiger partial charge in [0.1, 0.15) is 0 Å². The number of carbonyl (C=O) groups excluding carboxylic acids is 1. The quantitative estimate of drug-likeness (QED) is 0.598. The van der Waals surface area contributed by atoms with E-state index in [4.69, 9.17) is 5.73 Å². The van der Waals surface area contributed by atoms with Gasteiger partial charge in [0.15, 0.2) is 6.23 Å². The van der Waals surface area contributed by atoms with Gasteiger partial charge in [0, 0.05) is 5.56 Å². The molecule has 1 amide bonds. The van der Waals surface area contributed by atoms with Crippen LogP contribution in [0.4, 0.5) is 5.69 Å². The van der Waals surface area contributed by atoms with Gasteiger partial charge in [-0.25, -0.2) is 4.99 Å². The van der Waals surface area contributed by atoms with Crippen LogP contribution < -0.4 is 5.73 Å². The van der Waals surface area contributed by atoms with Gasteiger partial charge in [-0.15, -0.1) is 0 Å². The molecule has 6 nitrogen and oxygen atoms in total. The minimum atomic E-state index is -1.32. The summed E-state index contributed by atoms with van der Waals surface area (Å²) >= 11 is 0. The van der Waals surface area contributed by atoms with Gasteiger partial charge in [-0.05, 0) is 6.07 Å². The van der Waals surface area contributed by atoms with Gasteiger partial charge >= 0.3 is 0 Å². The Bertz CT molecular complexity index is 444. The predicted octanol–water partition coefficient (Wildman–Crippen LogP) is -0.102. The summed E-state index contributed by atoms with van der Waals surface area (Å²) in [6, 6.07) is 6.63. The Morgan fingerprint density at radius 3 is 2.80 bits per heavy atom. The number of aliphatic hydroxyl groups is 1. The number of aliphatic hydroxyl groups excluding tert-OH is 1. The first kappa shape index (κ1) is 9.63. The molecule has 2 rings (SSSR count). The van der Waals surface area contributed by atoms with Crippen molar-refractivity contribution in [3.05, 3.63) is 29.8 Å². The zero-order valence-corrected chi connectivity index (χ0v) is 7.66. The Labute approximate surface area is 85.2 Å². The molecule has 1 aliphatic heterocycles. The van der Waals surface area contributed by atoms with Crippen LogP contribution in [0.15, 0.2) is 29.3 Å². The molecule has 78 valence electrons. The number of nitrogens with zero attached hydrogens (tertiary/aromatic N) is 2. The summed E-state index contributed by atoms with van der Waals surface area (Å²) in [6.07, 6.45) is -1.32. The van der Waals surface area contributed by atoms with Crippen LogP contribution in [0.3, 0.4) is 0 Å². The van der Waals surface area contributed by atoms with Gasteiger partial charge in [0.25, 0.3) is 5.91 Å². The van der Waals surface area contributed by atoms with Gasteiger partial charge in [0.05, 0.1) is 5.69 Å². The third kappa shape index (κ3) is 1.45. The lowest BCUT2D eigenvalue weighted by molar-refractivity contribution is -0.148. The number of hydrogen-bond donors (Lipinski definition) is 3. The normalized spacial score (nSPS) is 19.5. The van der Waals surface area contributed by atoms with Crippen LogP contribution in [0.25, 0.3) is 0 Å². The first-order chi connectivity index (χ1) is 7.11. The molecule has 0 fully saturated rings. The summed E-state index contributed by atoms with van der Waals surface area (Å²) in [5.74, 6) is -1.27. The molecule has 1 heterocycles. The van der Waals surface area contributed by atoms with E-state index in [1.807, 2.05) is 0 Å². The van der Waals surface area contributed by atoms with E-state index < -0.39 is 12.1 Å². The van der Waals surface area contributed by atoms with E-state index in [-0.39, 0.29) is 5.84 Å². The lowest BCUT2D eigenvalue weighted by Crippen LogP contribution is -2.42. The SMILES string of the molecule is NC(=O)C1=Nc2ccccc2C(O)N1O. The summed E-state index contributed by atoms with van der Waals surface area (Å²) in [7, 11) is 0. The number of aliphatic imine (C=N–C) groups is 1. The number of hydroxylamine groups is 2. The lowest BCUT2D eigenvalue weighted by Gasteiger charge is -2.27. The molecule has 0 aromatic heterocycles. The van der Waals surface area contributed by atoms with Crippen molar-refractivity contribution in [2.24, 2.45) is 10.7 Å². The van der Waals surface area contributed by atoms with Gasteiger partial charge in [-0.1, -0.05) is 18.2 Å². The van der Waals surface area contributed by atoms with E-state index in [0.29, 0.717) is 16.3 Å². The average Bonchev–Trinajstić information content (AvgIpc) is 2.23. The highest BCUT2D eigenvalue weighted by molar-refractivity contribution is 6.37. The zero-order chi connectivity index (χ0) is 11.0. The molecule has 15 heavy (non-hydrogen) atoms. The molecule has 6 heteroatoms. The van der Waals surface area contributed by atoms with Crippen molar-refractivity contribution >= 4 is 17.4 Å². The molecular formula is C9H9N3O3. The van der Waals surface area contributed by atoms with E-state index in [9.17, 15) is 15.1 Å². The second-order valence-corrected chi connectivity index (χ2v) is 3.08. The fourth-order valence-corrected chi connectivity index (χ4v) is 1.39. The number of para-hydroxylation sites is 1. The number of nitrogens with two attached hydrogens (primary N) is 1. The molecule has 0 aliphatic carbocycles. The third-order valence-corrected chi connectivity index (χ3v) is 2.11. The smallest absolute Gasteiger partial charge is 0.286 e. The number of rotatable bonds is 1. The molecule has 0 spiro atoms. The maximum atomic E-state index is 10.9. The highest BCUT2D eigenvalue weighted by Gasteiger charge is 2.29. The predicted molar refractivity (Wildman–Crippen MR) is 51.3 cm³/mol. The summed E-state index contributed by atoms with van der Waals surface area (Å²) in [5.41, 5.74) is 5.84. The number of amides is 1. The molecule has 0 saturated heterocycles. The van der Waals surface area contributed by atoms with Gasteiger partial charge in [0.2, 0.25) is 5.84 Å². The Kier molecular flexibility index (Phi) is 2.14. The molecular weight excluding hydrogens is 198 g/mol. The van der Waals surface area contributed by atoms with Crippen molar-refractivity contribution in [2.75, 3.05) is 0 Å². The van der Waals surface area contributed by atoms with Crippen molar-refractivity contribution in [1.82, 2.24) is 5.06 Å². The van der Waals surface area contributed by atoms with Crippen LogP contribution in [-0.2, 0) is 4.79 Å². The van der Waals surface area contributed by atoms with Crippen molar-refractivity contribution in [2.45, 2.75) is 6.23 Å². The number of benzene rings is 1. The van der Waals surface area contributed by atoms with Crippen molar-refractivity contribution < 1.29 is 15.1 Å². The molecule has 0 radical (unpaired) electrons. The monoisotopic (exact) mass is 207 g/mol. The van der Waals surface area contributed by atoms with Crippen LogP contribution in [-0.4, -0.2) is 27.1 Å². The lowest BCUT2D eigenvalue weighted by atomic mass is 10.1. The average molecular weight is 207 g/mol. The first-order valence-corrected chi connectivity index (χ1v) is 4.25. The minimum absolute atomic E-state index is 0.352. The van der Waals surface area contributed by atoms with Crippen molar-refractivity contribution in [3.8, 4) is 0 Å². The first-order valence-electron chi connectivity index (χ1n) is 4.25. The fourth-order valence-electron chi connectivity index (χ4n) is 1.39. The Balaban J connectivity index is 2.57. The number of carbonyl (C=O) groups is 1. The zero-order valence-electron chi connectivity index (χ0n) is 7.66. The maximum Gasteiger partial charge on any atom is 0.286 e. The number of hydrogen-bond acceptors (Lipinski definition) is 5. The minimum Gasteiger partial charge on any atom is -0.367 e. The molecule has 1 atom stereocenters. The van der Waals surface area contributed by atoms with Gasteiger partial charge in [-0.3, -0.25) is 10.0 Å². The molecule has 1 unspecified atom stereocenters. The van der Waals surface area contributed by atoms with E-state index in [1.165, 1.54) is 0 Å². The van der Waals surface area contributed by atoms with Gasteiger partial charge < -0.3 is 10.8 Å². The van der Waals surface area contributed by atoms with Crippen LogP contribution in [0.5, 0.6) is 0 Å². The molecule has 1 aromatic rings. The maximum absolute atomic E-state index is 10.9. The molecule has 0 bridgehead atoms. The summed E-state index contributed by atoms with van der Waals surface area (Å²) in [5, 5.41) is 19.4. The fraction of sp³-hybridized carbons (Fsp3) is 0.111. The third-order valence-electron chi connectivity index (χ3n) is 2.11. The topological polar surface area (TPSA) is 99.2 Å². The van der Waals surface area contributed by atoms with Crippen LogP contribution >= 0.6 is 0 Å². The highest BCUT2D eigenvalue weighted by Crippen LogP contribution is 2.31. The van der Waals surface area contributed by atoms with Crippen LogP contribution in [0.2, 0.25) is 0 Å². The Morgan fingerprint density at radius 1 is 1.47 bits per heavy atom. The van der Waals surface area contributed by atoms with E-state index >= 15 is 0 Å². The van der Waals surface area contributed by atoms with E-state index in [0.717, 1.165) is 0 Å². The number of primary amides is 1. The van der Waals surface area contributed by atoms with Crippen molar-refractivity contribution in [1.29, 1.82) is 0 Å². The van der Waals surface area contributed by atoms with E-state index in [1.54, 1.807) is 24.3 Å². The molecule has 0 saturated carbocycles.